The van der Waals surface area contributed by atoms with E-state index in [0.29, 0.717) is 17.7 Å². The van der Waals surface area contributed by atoms with Gasteiger partial charge in [-0.3, -0.25) is 14.3 Å². The lowest BCUT2D eigenvalue weighted by atomic mass is 10.0. The van der Waals surface area contributed by atoms with E-state index >= 15 is 0 Å². The predicted octanol–water partition coefficient (Wildman–Crippen LogP) is 2.21. The van der Waals surface area contributed by atoms with Crippen LogP contribution in [0.25, 0.3) is 6.08 Å². The van der Waals surface area contributed by atoms with Gasteiger partial charge in [0.1, 0.15) is 5.92 Å². The number of amides is 1. The molecular weight excluding hydrogens is 394 g/mol. The molecule has 0 fully saturated rings. The van der Waals surface area contributed by atoms with Gasteiger partial charge in [0.05, 0.1) is 18.1 Å². The van der Waals surface area contributed by atoms with Gasteiger partial charge in [0.2, 0.25) is 5.91 Å². The highest BCUT2D eigenvalue weighted by Crippen LogP contribution is 2.11. The number of carbonyl (C=O) groups is 2. The monoisotopic (exact) mass is 417 g/mol. The van der Waals surface area contributed by atoms with Gasteiger partial charge in [-0.15, -0.1) is 0 Å². The Morgan fingerprint density at radius 2 is 1.93 bits per heavy atom. The van der Waals surface area contributed by atoms with E-state index in [-0.39, 0.29) is 6.42 Å². The fourth-order valence-electron chi connectivity index (χ4n) is 2.39. The summed E-state index contributed by atoms with van der Waals surface area (Å²) >= 11 is 0. The lowest BCUT2D eigenvalue weighted by molar-refractivity contribution is -0.146. The largest absolute Gasteiger partial charge is 0.481 e. The predicted molar refractivity (Wildman–Crippen MR) is 109 cm³/mol. The van der Waals surface area contributed by atoms with Crippen LogP contribution >= 0.6 is 0 Å². The van der Waals surface area contributed by atoms with Crippen molar-refractivity contribution < 1.29 is 23.1 Å². The first-order valence-corrected chi connectivity index (χ1v) is 10.4. The zero-order valence-electron chi connectivity index (χ0n) is 16.1. The van der Waals surface area contributed by atoms with Crippen LogP contribution in [0.4, 0.5) is 0 Å². The molecule has 8 nitrogen and oxygen atoms in total. The van der Waals surface area contributed by atoms with E-state index in [0.717, 1.165) is 11.0 Å². The van der Waals surface area contributed by atoms with Gasteiger partial charge in [0.15, 0.2) is 0 Å². The smallest absolute Gasteiger partial charge is 0.316 e. The van der Waals surface area contributed by atoms with Gasteiger partial charge in [0, 0.05) is 6.20 Å². The highest BCUT2D eigenvalue weighted by molar-refractivity contribution is 7.93. The van der Waals surface area contributed by atoms with E-state index in [4.69, 9.17) is 0 Å². The van der Waals surface area contributed by atoms with E-state index in [2.05, 4.69) is 5.10 Å². The number of benzene rings is 1. The van der Waals surface area contributed by atoms with Crippen molar-refractivity contribution in [1.82, 2.24) is 14.5 Å². The van der Waals surface area contributed by atoms with Crippen molar-refractivity contribution in [3.63, 3.8) is 0 Å². The fourth-order valence-corrected chi connectivity index (χ4v) is 3.22. The summed E-state index contributed by atoms with van der Waals surface area (Å²) in [5, 5.41) is 14.3. The zero-order valence-corrected chi connectivity index (χ0v) is 17.0. The van der Waals surface area contributed by atoms with E-state index in [9.17, 15) is 23.1 Å². The number of carboxylic acids is 1. The number of nitrogens with zero attached hydrogens (tertiary/aromatic N) is 2. The number of sulfonamides is 1. The van der Waals surface area contributed by atoms with Crippen molar-refractivity contribution in [3.05, 3.63) is 70.9 Å². The highest BCUT2D eigenvalue weighted by atomic mass is 32.2. The van der Waals surface area contributed by atoms with Gasteiger partial charge >= 0.3 is 5.97 Å². The number of rotatable bonds is 9. The molecule has 0 aliphatic rings. The second kappa shape index (κ2) is 9.83. The first-order valence-electron chi connectivity index (χ1n) is 8.83. The van der Waals surface area contributed by atoms with Gasteiger partial charge in [-0.25, -0.2) is 13.1 Å². The molecule has 0 radical (unpaired) electrons. The molecule has 9 heteroatoms. The minimum Gasteiger partial charge on any atom is -0.481 e. The molecule has 0 bridgehead atoms. The Morgan fingerprint density at radius 3 is 2.55 bits per heavy atom. The van der Waals surface area contributed by atoms with E-state index in [1.807, 2.05) is 19.9 Å². The minimum absolute atomic E-state index is 0.173. The van der Waals surface area contributed by atoms with Crippen molar-refractivity contribution in [3.8, 4) is 0 Å². The van der Waals surface area contributed by atoms with Crippen LogP contribution in [0.3, 0.4) is 0 Å². The summed E-state index contributed by atoms with van der Waals surface area (Å²) in [6.45, 7) is 4.41. The molecule has 0 saturated heterocycles. The molecule has 2 rings (SSSR count). The number of carboxylic acid groups (broad SMARTS) is 1. The summed E-state index contributed by atoms with van der Waals surface area (Å²) in [6.07, 6.45) is 6.19. The lowest BCUT2D eigenvalue weighted by Crippen LogP contribution is -2.39. The molecule has 154 valence electrons. The Morgan fingerprint density at radius 1 is 1.24 bits per heavy atom. The number of allylic oxidation sites excluding steroid dienone is 2. The molecule has 2 aromatic rings. The Kier molecular flexibility index (Phi) is 7.49. The first-order chi connectivity index (χ1) is 13.7. The second-order valence-electron chi connectivity index (χ2n) is 6.67. The zero-order chi connectivity index (χ0) is 21.4. The molecule has 0 saturated carbocycles. The maximum Gasteiger partial charge on any atom is 0.316 e. The second-order valence-corrected chi connectivity index (χ2v) is 8.24. The van der Waals surface area contributed by atoms with Crippen LogP contribution < -0.4 is 4.72 Å². The summed E-state index contributed by atoms with van der Waals surface area (Å²) in [4.78, 5) is 23.8. The number of aromatic nitrogens is 2. The molecule has 1 heterocycles. The molecule has 1 aromatic heterocycles. The summed E-state index contributed by atoms with van der Waals surface area (Å²) in [7, 11) is -4.13. The molecule has 0 aliphatic carbocycles. The molecule has 1 atom stereocenters. The summed E-state index contributed by atoms with van der Waals surface area (Å²) < 4.78 is 27.6. The van der Waals surface area contributed by atoms with E-state index in [1.54, 1.807) is 45.9 Å². The molecule has 29 heavy (non-hydrogen) atoms. The standard InChI is InChI=1S/C20H23N3O5S/c1-15(2)8-10-23-14-17(13-21-23)12-18(20(25)26)19(24)22-29(27,28)11-9-16-6-4-3-5-7-16/h3-9,11,13-14,18H,10,12H2,1-2H3,(H,22,24)(H,25,26). The van der Waals surface area contributed by atoms with Crippen LogP contribution in [0.5, 0.6) is 0 Å². The topological polar surface area (TPSA) is 118 Å². The number of carbonyl (C=O) groups excluding carboxylic acids is 1. The number of hydrogen-bond acceptors (Lipinski definition) is 5. The molecule has 1 aromatic carbocycles. The van der Waals surface area contributed by atoms with Crippen molar-refractivity contribution in [2.45, 2.75) is 26.8 Å². The molecular formula is C20H23N3O5S. The molecule has 2 N–H and O–H groups in total. The van der Waals surface area contributed by atoms with Gasteiger partial charge in [-0.05, 0) is 37.5 Å². The van der Waals surface area contributed by atoms with Crippen LogP contribution in [-0.4, -0.2) is 35.2 Å². The molecule has 1 amide bonds. The van der Waals surface area contributed by atoms with Crippen molar-refractivity contribution >= 4 is 28.0 Å². The Bertz CT molecular complexity index is 1020. The average molecular weight is 417 g/mol. The van der Waals surface area contributed by atoms with Gasteiger partial charge in [0.25, 0.3) is 10.0 Å². The van der Waals surface area contributed by atoms with Crippen LogP contribution in [0.1, 0.15) is 25.0 Å². The Balaban J connectivity index is 2.06. The van der Waals surface area contributed by atoms with Crippen LogP contribution in [0.2, 0.25) is 0 Å². The van der Waals surface area contributed by atoms with Gasteiger partial charge in [-0.2, -0.15) is 5.10 Å². The SMILES string of the molecule is CC(C)=CCn1cc(CC(C(=O)O)C(=O)NS(=O)(=O)C=Cc2ccccc2)cn1. The normalized spacial score (nSPS) is 12.5. The van der Waals surface area contributed by atoms with Crippen LogP contribution in [0, 0.1) is 5.92 Å². The van der Waals surface area contributed by atoms with E-state index < -0.39 is 27.8 Å². The third-order valence-electron chi connectivity index (χ3n) is 3.91. The third kappa shape index (κ3) is 7.38. The fraction of sp³-hybridized carbons (Fsp3) is 0.250. The first kappa shape index (κ1) is 22.1. The van der Waals surface area contributed by atoms with Gasteiger partial charge < -0.3 is 5.11 Å². The highest BCUT2D eigenvalue weighted by Gasteiger charge is 2.29. The molecule has 0 aliphatic heterocycles. The van der Waals surface area contributed by atoms with Crippen molar-refractivity contribution in [1.29, 1.82) is 0 Å². The van der Waals surface area contributed by atoms with Crippen molar-refractivity contribution in [2.75, 3.05) is 0 Å². The molecule has 1 unspecified atom stereocenters. The van der Waals surface area contributed by atoms with Gasteiger partial charge in [-0.1, -0.05) is 42.0 Å². The number of nitrogens with one attached hydrogen (secondary N) is 1. The summed E-state index contributed by atoms with van der Waals surface area (Å²) in [5.74, 6) is -4.08. The quantitative estimate of drug-likeness (QED) is 0.477. The van der Waals surface area contributed by atoms with E-state index in [1.165, 1.54) is 12.3 Å². The number of aliphatic carboxylic acids is 1. The lowest BCUT2D eigenvalue weighted by Gasteiger charge is -2.11. The van der Waals surface area contributed by atoms with Crippen molar-refractivity contribution in [2.24, 2.45) is 5.92 Å². The van der Waals surface area contributed by atoms with Crippen LogP contribution in [-0.2, 0) is 32.6 Å². The maximum atomic E-state index is 12.3. The minimum atomic E-state index is -4.13. The third-order valence-corrected chi connectivity index (χ3v) is 4.89. The molecule has 0 spiro atoms. The summed E-state index contributed by atoms with van der Waals surface area (Å²) in [5.41, 5.74) is 2.26. The Hall–Kier alpha value is -3.20. The Labute approximate surface area is 169 Å². The van der Waals surface area contributed by atoms with Crippen LogP contribution in [0.15, 0.2) is 59.8 Å². The summed E-state index contributed by atoms with van der Waals surface area (Å²) in [6, 6.07) is 8.65. The number of hydrogen-bond donors (Lipinski definition) is 2. The maximum absolute atomic E-state index is 12.3. The average Bonchev–Trinajstić information content (AvgIpc) is 3.11.